The zero-order valence-corrected chi connectivity index (χ0v) is 19.8. The molecule has 0 aliphatic heterocycles. The molecule has 7 rings (SSSR count). The lowest BCUT2D eigenvalue weighted by molar-refractivity contribution is -0.117. The average Bonchev–Trinajstić information content (AvgIpc) is 3.56. The molecule has 1 aliphatic rings. The Morgan fingerprint density at radius 2 is 1.82 bits per heavy atom. The van der Waals surface area contributed by atoms with Crippen molar-refractivity contribution in [3.05, 3.63) is 78.8 Å². The summed E-state index contributed by atoms with van der Waals surface area (Å²) in [4.78, 5) is 28.7. The summed E-state index contributed by atoms with van der Waals surface area (Å²) in [5.74, 6) is -0.440. The summed E-state index contributed by atoms with van der Waals surface area (Å²) in [5, 5.41) is 10.7. The summed E-state index contributed by atoms with van der Waals surface area (Å²) in [6, 6.07) is 12.9. The summed E-state index contributed by atoms with van der Waals surface area (Å²) in [6.07, 6.45) is 6.44. The summed E-state index contributed by atoms with van der Waals surface area (Å²) >= 11 is 0. The molecule has 0 bridgehead atoms. The van der Waals surface area contributed by atoms with E-state index in [1.807, 2.05) is 0 Å². The van der Waals surface area contributed by atoms with Crippen LogP contribution in [0.2, 0.25) is 0 Å². The minimum Gasteiger partial charge on any atom is -0.336 e. The van der Waals surface area contributed by atoms with E-state index < -0.39 is 11.6 Å². The number of carbonyl (C=O) groups excluding carboxylic acids is 1. The molecule has 6 aromatic rings. The molecule has 1 aliphatic carbocycles. The summed E-state index contributed by atoms with van der Waals surface area (Å²) in [5.41, 5.74) is 4.20. The van der Waals surface area contributed by atoms with Gasteiger partial charge in [-0.25, -0.2) is 13.8 Å². The smallest absolute Gasteiger partial charge is 0.227 e. The SMILES string of the molecule is O=C(Nc1cncc(-c2cc3c(-c4nc5c(-c6ccccc6F)nccc5[nH]4)n[nH]c3cc2F)c1)C1CC1. The number of fused-ring (bicyclic) bond motifs is 2. The fraction of sp³-hybridized carbons (Fsp3) is 0.107. The molecule has 1 saturated carbocycles. The topological polar surface area (TPSA) is 112 Å². The van der Waals surface area contributed by atoms with Crippen LogP contribution in [0.15, 0.2) is 67.1 Å². The normalized spacial score (nSPS) is 13.3. The maximum Gasteiger partial charge on any atom is 0.227 e. The highest BCUT2D eigenvalue weighted by molar-refractivity contribution is 5.98. The number of pyridine rings is 2. The fourth-order valence-corrected chi connectivity index (χ4v) is 4.58. The van der Waals surface area contributed by atoms with Gasteiger partial charge < -0.3 is 10.3 Å². The molecule has 2 aromatic carbocycles. The van der Waals surface area contributed by atoms with E-state index in [1.165, 1.54) is 12.1 Å². The Bertz CT molecular complexity index is 1870. The first-order valence-corrected chi connectivity index (χ1v) is 12.1. The van der Waals surface area contributed by atoms with Gasteiger partial charge in [0.2, 0.25) is 5.91 Å². The third-order valence-electron chi connectivity index (χ3n) is 6.67. The zero-order valence-electron chi connectivity index (χ0n) is 19.8. The van der Waals surface area contributed by atoms with Crippen LogP contribution in [0.5, 0.6) is 0 Å². The van der Waals surface area contributed by atoms with Crippen molar-refractivity contribution in [2.45, 2.75) is 12.8 Å². The van der Waals surface area contributed by atoms with Gasteiger partial charge in [-0.15, -0.1) is 0 Å². The number of anilines is 1. The number of nitrogens with zero attached hydrogens (tertiary/aromatic N) is 4. The van der Waals surface area contributed by atoms with Crippen LogP contribution in [0.25, 0.3) is 55.8 Å². The van der Waals surface area contributed by atoms with E-state index in [0.717, 1.165) is 12.8 Å². The molecule has 4 heterocycles. The second kappa shape index (κ2) is 8.55. The predicted octanol–water partition coefficient (Wildman–Crippen LogP) is 5.86. The van der Waals surface area contributed by atoms with E-state index in [0.29, 0.717) is 61.5 Å². The van der Waals surface area contributed by atoms with Gasteiger partial charge in [0, 0.05) is 46.5 Å². The number of aromatic nitrogens is 6. The second-order valence-corrected chi connectivity index (χ2v) is 9.30. The molecule has 186 valence electrons. The zero-order chi connectivity index (χ0) is 25.8. The Hall–Kier alpha value is -4.99. The Balaban J connectivity index is 1.32. The van der Waals surface area contributed by atoms with Crippen LogP contribution in [0.3, 0.4) is 0 Å². The molecule has 0 unspecified atom stereocenters. The lowest BCUT2D eigenvalue weighted by Crippen LogP contribution is -2.13. The van der Waals surface area contributed by atoms with Gasteiger partial charge in [-0.05, 0) is 43.2 Å². The Morgan fingerprint density at radius 3 is 2.66 bits per heavy atom. The molecule has 3 N–H and O–H groups in total. The minimum absolute atomic E-state index is 0.0399. The molecule has 8 nitrogen and oxygen atoms in total. The minimum atomic E-state index is -0.462. The third-order valence-corrected chi connectivity index (χ3v) is 6.67. The Morgan fingerprint density at radius 1 is 0.947 bits per heavy atom. The van der Waals surface area contributed by atoms with Gasteiger partial charge in [0.25, 0.3) is 0 Å². The Kier molecular flexibility index (Phi) is 5.00. The number of rotatable bonds is 5. The van der Waals surface area contributed by atoms with Crippen molar-refractivity contribution < 1.29 is 13.6 Å². The first kappa shape index (κ1) is 22.2. The molecule has 0 spiro atoms. The lowest BCUT2D eigenvalue weighted by Gasteiger charge is -2.08. The van der Waals surface area contributed by atoms with Gasteiger partial charge in [0.05, 0.1) is 22.9 Å². The molecular weight excluding hydrogens is 488 g/mol. The van der Waals surface area contributed by atoms with Crippen LogP contribution in [0, 0.1) is 17.6 Å². The second-order valence-electron chi connectivity index (χ2n) is 9.30. The number of carbonyl (C=O) groups is 1. The maximum absolute atomic E-state index is 15.2. The first-order valence-electron chi connectivity index (χ1n) is 12.1. The maximum atomic E-state index is 15.2. The quantitative estimate of drug-likeness (QED) is 0.271. The first-order chi connectivity index (χ1) is 18.5. The highest BCUT2D eigenvalue weighted by Gasteiger charge is 2.29. The van der Waals surface area contributed by atoms with Crippen molar-refractivity contribution in [2.75, 3.05) is 5.32 Å². The standard InChI is InChI=1S/C28H19F2N7O/c29-20-4-2-1-3-17(20)24-26-22(7-8-32-24)34-27(35-26)25-19-10-18(21(30)11-23(19)36-37-25)15-9-16(13-31-12-15)33-28(38)14-5-6-14/h1-4,7-14H,5-6H2,(H,33,38)(H,34,35)(H,36,37). The Labute approximate surface area is 214 Å². The number of hydrogen-bond donors (Lipinski definition) is 3. The third kappa shape index (κ3) is 3.78. The number of halogens is 2. The summed E-state index contributed by atoms with van der Waals surface area (Å²) in [7, 11) is 0. The molecule has 0 atom stereocenters. The molecule has 4 aromatic heterocycles. The fourth-order valence-electron chi connectivity index (χ4n) is 4.58. The van der Waals surface area contributed by atoms with Crippen molar-refractivity contribution in [3.8, 4) is 33.9 Å². The number of aromatic amines is 2. The van der Waals surface area contributed by atoms with E-state index in [9.17, 15) is 9.18 Å². The van der Waals surface area contributed by atoms with Gasteiger partial charge >= 0.3 is 0 Å². The predicted molar refractivity (Wildman–Crippen MR) is 139 cm³/mol. The summed E-state index contributed by atoms with van der Waals surface area (Å²) in [6.45, 7) is 0. The summed E-state index contributed by atoms with van der Waals surface area (Å²) < 4.78 is 29.7. The van der Waals surface area contributed by atoms with Crippen LogP contribution < -0.4 is 5.32 Å². The van der Waals surface area contributed by atoms with E-state index in [2.05, 4.69) is 30.5 Å². The van der Waals surface area contributed by atoms with Crippen molar-refractivity contribution >= 4 is 33.5 Å². The van der Waals surface area contributed by atoms with Gasteiger partial charge in [-0.3, -0.25) is 19.9 Å². The molecule has 0 radical (unpaired) electrons. The molecule has 1 fully saturated rings. The van der Waals surface area contributed by atoms with Gasteiger partial charge in [0.15, 0.2) is 5.82 Å². The van der Waals surface area contributed by atoms with Gasteiger partial charge in [-0.1, -0.05) is 12.1 Å². The van der Waals surface area contributed by atoms with Crippen LogP contribution in [-0.2, 0) is 4.79 Å². The van der Waals surface area contributed by atoms with Crippen molar-refractivity contribution in [1.29, 1.82) is 0 Å². The van der Waals surface area contributed by atoms with Gasteiger partial charge in [0.1, 0.15) is 28.5 Å². The lowest BCUT2D eigenvalue weighted by atomic mass is 10.0. The van der Waals surface area contributed by atoms with Crippen molar-refractivity contribution in [2.24, 2.45) is 5.92 Å². The van der Waals surface area contributed by atoms with Crippen molar-refractivity contribution in [1.82, 2.24) is 30.1 Å². The number of amides is 1. The van der Waals surface area contributed by atoms with Gasteiger partial charge in [-0.2, -0.15) is 5.10 Å². The highest BCUT2D eigenvalue weighted by atomic mass is 19.1. The van der Waals surface area contributed by atoms with Crippen LogP contribution in [-0.4, -0.2) is 36.0 Å². The van der Waals surface area contributed by atoms with E-state index >= 15 is 4.39 Å². The number of nitrogens with one attached hydrogen (secondary N) is 3. The van der Waals surface area contributed by atoms with Crippen LogP contribution >= 0.6 is 0 Å². The highest BCUT2D eigenvalue weighted by Crippen LogP contribution is 2.35. The molecule has 10 heteroatoms. The number of imidazole rings is 1. The molecule has 1 amide bonds. The monoisotopic (exact) mass is 507 g/mol. The molecular formula is C28H19F2N7O. The molecule has 38 heavy (non-hydrogen) atoms. The number of benzene rings is 2. The van der Waals surface area contributed by atoms with Crippen molar-refractivity contribution in [3.63, 3.8) is 0 Å². The number of hydrogen-bond acceptors (Lipinski definition) is 5. The van der Waals surface area contributed by atoms with Crippen LogP contribution in [0.4, 0.5) is 14.5 Å². The average molecular weight is 508 g/mol. The largest absolute Gasteiger partial charge is 0.336 e. The number of H-pyrrole nitrogens is 2. The molecule has 0 saturated heterocycles. The van der Waals surface area contributed by atoms with E-state index in [-0.39, 0.29) is 11.8 Å². The van der Waals surface area contributed by atoms with Crippen LogP contribution in [0.1, 0.15) is 12.8 Å². The van der Waals surface area contributed by atoms with E-state index in [1.54, 1.807) is 55.0 Å². The van der Waals surface area contributed by atoms with E-state index in [4.69, 9.17) is 4.98 Å².